The maximum atomic E-state index is 12.5. The van der Waals surface area contributed by atoms with Crippen molar-refractivity contribution in [2.45, 2.75) is 38.0 Å². The molecule has 5 nitrogen and oxygen atoms in total. The van der Waals surface area contributed by atoms with E-state index in [2.05, 4.69) is 53.6 Å². The number of nitrogens with one attached hydrogen (secondary N) is 2. The summed E-state index contributed by atoms with van der Waals surface area (Å²) in [6.45, 7) is 16.2. The molecule has 0 aromatic heterocycles. The van der Waals surface area contributed by atoms with Crippen LogP contribution in [-0.4, -0.2) is 52.8 Å². The summed E-state index contributed by atoms with van der Waals surface area (Å²) in [5, 5.41) is 8.89. The van der Waals surface area contributed by atoms with Crippen molar-refractivity contribution in [3.63, 3.8) is 0 Å². The smallest absolute Gasteiger partial charge is 0.0589 e. The lowest BCUT2D eigenvalue weighted by Crippen LogP contribution is -2.36. The normalized spacial score (nSPS) is 26.0. The summed E-state index contributed by atoms with van der Waals surface area (Å²) in [7, 11) is -0.926. The second-order valence-corrected chi connectivity index (χ2v) is 9.56. The Morgan fingerprint density at radius 2 is 2.20 bits per heavy atom. The molecule has 0 amide bonds. The van der Waals surface area contributed by atoms with Crippen LogP contribution in [0.15, 0.2) is 76.6 Å². The van der Waals surface area contributed by atoms with Crippen LogP contribution < -0.4 is 10.6 Å². The summed E-state index contributed by atoms with van der Waals surface area (Å²) < 4.78 is 12.5. The van der Waals surface area contributed by atoms with Gasteiger partial charge in [0.25, 0.3) is 0 Å². The van der Waals surface area contributed by atoms with Crippen LogP contribution in [0.3, 0.4) is 0 Å². The highest BCUT2D eigenvalue weighted by Crippen LogP contribution is 2.29. The Hall–Kier alpha value is -2.18. The summed E-state index contributed by atoms with van der Waals surface area (Å²) in [6, 6.07) is 0.242. The molecule has 30 heavy (non-hydrogen) atoms. The predicted molar refractivity (Wildman–Crippen MR) is 129 cm³/mol. The van der Waals surface area contributed by atoms with Crippen molar-refractivity contribution in [2.75, 3.05) is 26.2 Å². The first-order chi connectivity index (χ1) is 14.5. The monoisotopic (exact) mass is 426 g/mol. The maximum Gasteiger partial charge on any atom is 0.0589 e. The van der Waals surface area contributed by atoms with Crippen molar-refractivity contribution in [1.29, 1.82) is 0 Å². The average molecular weight is 427 g/mol. The van der Waals surface area contributed by atoms with Crippen molar-refractivity contribution in [2.24, 2.45) is 10.9 Å². The van der Waals surface area contributed by atoms with Crippen LogP contribution in [0.25, 0.3) is 0 Å². The van der Waals surface area contributed by atoms with Crippen molar-refractivity contribution >= 4 is 17.0 Å². The van der Waals surface area contributed by atoms with Crippen LogP contribution in [-0.2, 0) is 10.8 Å². The third-order valence-corrected chi connectivity index (χ3v) is 7.56. The number of likely N-dealkylation sites (tertiary alicyclic amines) is 1. The van der Waals surface area contributed by atoms with Gasteiger partial charge < -0.3 is 15.5 Å². The number of rotatable bonds is 9. The molecule has 0 bridgehead atoms. The minimum absolute atomic E-state index is 0.242. The van der Waals surface area contributed by atoms with Gasteiger partial charge in [0.1, 0.15) is 0 Å². The van der Waals surface area contributed by atoms with E-state index in [-0.39, 0.29) is 11.3 Å². The standard InChI is InChI=1S/C24H34N4OS/c1-5-20(8-7-15-30(29)21-10-13-28(6-2)14-11-21)17-26-19(4)24-16-22-18(3)25-12-9-23(22)27-24/h5,7-9,12,15-16,18,21-22,26-27H,1,4,6,10-11,13-14,17H2,2-3H3/b15-7+,20-8+. The van der Waals surface area contributed by atoms with E-state index >= 15 is 0 Å². The summed E-state index contributed by atoms with van der Waals surface area (Å²) in [4.78, 5) is 6.87. The lowest BCUT2D eigenvalue weighted by Gasteiger charge is -2.29. The second kappa shape index (κ2) is 10.7. The van der Waals surface area contributed by atoms with Crippen molar-refractivity contribution in [3.05, 3.63) is 71.6 Å². The molecule has 0 aliphatic carbocycles. The zero-order chi connectivity index (χ0) is 21.5. The van der Waals surface area contributed by atoms with Crippen LogP contribution >= 0.6 is 0 Å². The number of hydrogen-bond donors (Lipinski definition) is 2. The average Bonchev–Trinajstić information content (AvgIpc) is 3.21. The first-order valence-electron chi connectivity index (χ1n) is 10.8. The Bertz CT molecular complexity index is 828. The van der Waals surface area contributed by atoms with Gasteiger partial charge in [-0.1, -0.05) is 38.3 Å². The van der Waals surface area contributed by atoms with E-state index in [4.69, 9.17) is 0 Å². The molecule has 0 radical (unpaired) electrons. The van der Waals surface area contributed by atoms with Gasteiger partial charge in [0.05, 0.1) is 17.4 Å². The molecule has 2 N–H and O–H groups in total. The number of piperidine rings is 1. The first-order valence-corrected chi connectivity index (χ1v) is 12.1. The Labute approximate surface area is 183 Å². The van der Waals surface area contributed by atoms with Crippen LogP contribution in [0, 0.1) is 5.92 Å². The topological polar surface area (TPSA) is 56.7 Å². The van der Waals surface area contributed by atoms with Gasteiger partial charge in [0.15, 0.2) is 0 Å². The van der Waals surface area contributed by atoms with E-state index in [1.807, 2.05) is 35.9 Å². The number of allylic oxidation sites excluding steroid dienone is 3. The van der Waals surface area contributed by atoms with Crippen molar-refractivity contribution in [1.82, 2.24) is 15.5 Å². The zero-order valence-corrected chi connectivity index (χ0v) is 19.0. The quantitative estimate of drug-likeness (QED) is 0.555. The van der Waals surface area contributed by atoms with Crippen LogP contribution in [0.2, 0.25) is 0 Å². The molecule has 3 atom stereocenters. The van der Waals surface area contributed by atoms with E-state index in [1.54, 1.807) is 0 Å². The van der Waals surface area contributed by atoms with Crippen LogP contribution in [0.4, 0.5) is 0 Å². The highest BCUT2D eigenvalue weighted by atomic mass is 32.2. The van der Waals surface area contributed by atoms with Crippen molar-refractivity contribution in [3.8, 4) is 0 Å². The minimum atomic E-state index is -0.926. The highest BCUT2D eigenvalue weighted by Gasteiger charge is 2.28. The Morgan fingerprint density at radius 1 is 1.43 bits per heavy atom. The summed E-state index contributed by atoms with van der Waals surface area (Å²) in [6.07, 6.45) is 13.8. The lowest BCUT2D eigenvalue weighted by atomic mass is 9.97. The number of nitrogens with zero attached hydrogens (tertiary/aromatic N) is 2. The molecular formula is C24H34N4OS. The summed E-state index contributed by atoms with van der Waals surface area (Å²) >= 11 is 0. The van der Waals surface area contributed by atoms with Gasteiger partial charge in [0.2, 0.25) is 0 Å². The molecule has 3 unspecified atom stereocenters. The molecular weight excluding hydrogens is 392 g/mol. The molecule has 162 valence electrons. The summed E-state index contributed by atoms with van der Waals surface area (Å²) in [5.74, 6) is 0.292. The van der Waals surface area contributed by atoms with E-state index < -0.39 is 10.8 Å². The van der Waals surface area contributed by atoms with E-state index in [0.29, 0.717) is 12.5 Å². The van der Waals surface area contributed by atoms with E-state index in [0.717, 1.165) is 49.4 Å². The number of aliphatic imine (C=N–C) groups is 1. The fourth-order valence-electron chi connectivity index (χ4n) is 3.94. The highest BCUT2D eigenvalue weighted by molar-refractivity contribution is 7.88. The minimum Gasteiger partial charge on any atom is -0.380 e. The predicted octanol–water partition coefficient (Wildman–Crippen LogP) is 3.41. The Morgan fingerprint density at radius 3 is 2.87 bits per heavy atom. The number of hydrogen-bond acceptors (Lipinski definition) is 5. The number of dihydropyridines is 1. The molecule has 6 heteroatoms. The molecule has 0 spiro atoms. The largest absolute Gasteiger partial charge is 0.380 e. The molecule has 0 aromatic rings. The molecule has 3 aliphatic rings. The fraction of sp³-hybridized carbons (Fsp3) is 0.458. The van der Waals surface area contributed by atoms with E-state index in [9.17, 15) is 4.21 Å². The first kappa shape index (κ1) is 22.5. The van der Waals surface area contributed by atoms with Gasteiger partial charge in [-0.2, -0.15) is 0 Å². The van der Waals surface area contributed by atoms with Gasteiger partial charge in [0, 0.05) is 45.8 Å². The van der Waals surface area contributed by atoms with Gasteiger partial charge in [-0.05, 0) is 57.1 Å². The van der Waals surface area contributed by atoms with Gasteiger partial charge in [-0.25, -0.2) is 0 Å². The molecule has 0 aromatic carbocycles. The van der Waals surface area contributed by atoms with Gasteiger partial charge >= 0.3 is 0 Å². The molecule has 0 saturated carbocycles. The molecule has 3 heterocycles. The third kappa shape index (κ3) is 5.70. The second-order valence-electron chi connectivity index (χ2n) is 7.96. The lowest BCUT2D eigenvalue weighted by molar-refractivity contribution is 0.243. The van der Waals surface area contributed by atoms with Gasteiger partial charge in [-0.3, -0.25) is 9.20 Å². The van der Waals surface area contributed by atoms with Gasteiger partial charge in [-0.15, -0.1) is 0 Å². The summed E-state index contributed by atoms with van der Waals surface area (Å²) in [5.41, 5.74) is 4.05. The third-order valence-electron chi connectivity index (χ3n) is 6.01. The molecule has 3 rings (SSSR count). The van der Waals surface area contributed by atoms with Crippen molar-refractivity contribution < 1.29 is 4.21 Å². The van der Waals surface area contributed by atoms with E-state index in [1.165, 1.54) is 5.70 Å². The maximum absolute atomic E-state index is 12.5. The van der Waals surface area contributed by atoms with Crippen LogP contribution in [0.1, 0.15) is 26.7 Å². The Kier molecular flexibility index (Phi) is 8.05. The Balaban J connectivity index is 1.48. The zero-order valence-electron chi connectivity index (χ0n) is 18.1. The SMILES string of the molecule is C=C/C(=C\C=C\S(=O)C1CCN(CC)CC1)CNC(=C)C1=CC2C(=CC=NC2C)N1. The molecule has 1 saturated heterocycles. The number of fused-ring (bicyclic) bond motifs is 1. The van der Waals surface area contributed by atoms with Crippen LogP contribution in [0.5, 0.6) is 0 Å². The molecule has 3 aliphatic heterocycles. The fourth-order valence-corrected chi connectivity index (χ4v) is 5.07. The molecule has 1 fully saturated rings.